The Bertz CT molecular complexity index is 1210. The topological polar surface area (TPSA) is 98.7 Å². The fourth-order valence-corrected chi connectivity index (χ4v) is 4.93. The second-order valence-corrected chi connectivity index (χ2v) is 9.16. The Morgan fingerprint density at radius 3 is 2.17 bits per heavy atom. The highest BCUT2D eigenvalue weighted by molar-refractivity contribution is 6.25. The standard InChI is InChI=1S/C27H30N6O3/c34-23(28-13-5-14-31-16-18-32(19-17-31)27-29-11-4-12-30-27)10-3-15-33-25(35)21-8-1-6-20-7-2-9-22(24(20)21)26(33)36/h1-2,4,6-9,11-12H,3,5,10,13-19H2,(H,28,34). The summed E-state index contributed by atoms with van der Waals surface area (Å²) in [6, 6.07) is 12.8. The lowest BCUT2D eigenvalue weighted by Gasteiger charge is -2.34. The summed E-state index contributed by atoms with van der Waals surface area (Å²) in [5.41, 5.74) is 1.09. The van der Waals surface area contributed by atoms with Crippen molar-refractivity contribution in [1.82, 2.24) is 25.1 Å². The molecule has 0 atom stereocenters. The van der Waals surface area contributed by atoms with E-state index in [0.29, 0.717) is 24.1 Å². The zero-order valence-corrected chi connectivity index (χ0v) is 20.2. The van der Waals surface area contributed by atoms with Crippen molar-refractivity contribution >= 4 is 34.4 Å². The van der Waals surface area contributed by atoms with E-state index < -0.39 is 0 Å². The molecule has 0 spiro atoms. The lowest BCUT2D eigenvalue weighted by Crippen LogP contribution is -2.47. The van der Waals surface area contributed by atoms with Gasteiger partial charge in [-0.25, -0.2) is 9.97 Å². The molecule has 0 unspecified atom stereocenters. The fourth-order valence-electron chi connectivity index (χ4n) is 4.93. The first kappa shape index (κ1) is 23.9. The molecule has 1 saturated heterocycles. The number of rotatable bonds is 9. The van der Waals surface area contributed by atoms with Crippen molar-refractivity contribution < 1.29 is 14.4 Å². The van der Waals surface area contributed by atoms with Crippen LogP contribution in [0, 0.1) is 0 Å². The predicted molar refractivity (Wildman–Crippen MR) is 137 cm³/mol. The van der Waals surface area contributed by atoms with E-state index in [2.05, 4.69) is 25.1 Å². The van der Waals surface area contributed by atoms with Gasteiger partial charge in [0.25, 0.3) is 11.8 Å². The molecule has 1 N–H and O–H groups in total. The maximum atomic E-state index is 12.9. The Kier molecular flexibility index (Phi) is 7.18. The highest BCUT2D eigenvalue weighted by atomic mass is 16.2. The van der Waals surface area contributed by atoms with Crippen LogP contribution in [-0.2, 0) is 4.79 Å². The number of hydrogen-bond donors (Lipinski definition) is 1. The van der Waals surface area contributed by atoms with E-state index in [4.69, 9.17) is 0 Å². The van der Waals surface area contributed by atoms with Gasteiger partial charge in [-0.1, -0.05) is 24.3 Å². The summed E-state index contributed by atoms with van der Waals surface area (Å²) < 4.78 is 0. The fraction of sp³-hybridized carbons (Fsp3) is 0.370. The van der Waals surface area contributed by atoms with Crippen molar-refractivity contribution in [3.05, 3.63) is 66.0 Å². The van der Waals surface area contributed by atoms with Gasteiger partial charge in [0.05, 0.1) is 0 Å². The third kappa shape index (κ3) is 5.06. The molecule has 9 nitrogen and oxygen atoms in total. The van der Waals surface area contributed by atoms with Gasteiger partial charge in [-0.2, -0.15) is 0 Å². The quantitative estimate of drug-likeness (QED) is 0.366. The largest absolute Gasteiger partial charge is 0.356 e. The predicted octanol–water partition coefficient (Wildman–Crippen LogP) is 2.33. The molecule has 186 valence electrons. The number of nitrogens with one attached hydrogen (secondary N) is 1. The lowest BCUT2D eigenvalue weighted by molar-refractivity contribution is -0.121. The average molecular weight is 487 g/mol. The highest BCUT2D eigenvalue weighted by Crippen LogP contribution is 2.30. The number of carbonyl (C=O) groups is 3. The van der Waals surface area contributed by atoms with Crippen LogP contribution in [0.5, 0.6) is 0 Å². The second-order valence-electron chi connectivity index (χ2n) is 9.16. The minimum Gasteiger partial charge on any atom is -0.356 e. The zero-order valence-electron chi connectivity index (χ0n) is 20.2. The summed E-state index contributed by atoms with van der Waals surface area (Å²) in [4.78, 5) is 52.7. The van der Waals surface area contributed by atoms with Gasteiger partial charge < -0.3 is 10.2 Å². The molecule has 1 aromatic heterocycles. The van der Waals surface area contributed by atoms with Gasteiger partial charge >= 0.3 is 0 Å². The summed E-state index contributed by atoms with van der Waals surface area (Å²) in [7, 11) is 0. The number of benzene rings is 2. The molecule has 36 heavy (non-hydrogen) atoms. The van der Waals surface area contributed by atoms with Crippen molar-refractivity contribution in [3.8, 4) is 0 Å². The zero-order chi connectivity index (χ0) is 24.9. The molecule has 3 aromatic rings. The third-order valence-electron chi connectivity index (χ3n) is 6.82. The third-order valence-corrected chi connectivity index (χ3v) is 6.82. The molecule has 1 fully saturated rings. The molecule has 3 heterocycles. The maximum absolute atomic E-state index is 12.9. The van der Waals surface area contributed by atoms with Gasteiger partial charge in [-0.15, -0.1) is 0 Å². The van der Waals surface area contributed by atoms with Crippen LogP contribution in [0.2, 0.25) is 0 Å². The monoisotopic (exact) mass is 486 g/mol. The normalized spacial score (nSPS) is 16.0. The van der Waals surface area contributed by atoms with Crippen molar-refractivity contribution in [2.75, 3.05) is 50.7 Å². The van der Waals surface area contributed by atoms with Gasteiger partial charge in [0, 0.05) is 74.6 Å². The van der Waals surface area contributed by atoms with Gasteiger partial charge in [-0.05, 0) is 43.0 Å². The maximum Gasteiger partial charge on any atom is 0.261 e. The number of nitrogens with zero attached hydrogens (tertiary/aromatic N) is 5. The summed E-state index contributed by atoms with van der Waals surface area (Å²) >= 11 is 0. The molecule has 2 aliphatic heterocycles. The van der Waals surface area contributed by atoms with E-state index in [1.54, 1.807) is 24.5 Å². The molecule has 0 bridgehead atoms. The van der Waals surface area contributed by atoms with Crippen LogP contribution in [0.3, 0.4) is 0 Å². The van der Waals surface area contributed by atoms with E-state index in [0.717, 1.165) is 55.9 Å². The minimum atomic E-state index is -0.288. The smallest absolute Gasteiger partial charge is 0.261 e. The Morgan fingerprint density at radius 1 is 0.833 bits per heavy atom. The highest BCUT2D eigenvalue weighted by Gasteiger charge is 2.32. The molecular weight excluding hydrogens is 456 g/mol. The first-order valence-corrected chi connectivity index (χ1v) is 12.5. The number of amides is 3. The Hall–Kier alpha value is -3.85. The van der Waals surface area contributed by atoms with Crippen LogP contribution in [0.4, 0.5) is 5.95 Å². The van der Waals surface area contributed by atoms with Gasteiger partial charge in [0.15, 0.2) is 0 Å². The summed E-state index contributed by atoms with van der Waals surface area (Å²) in [6.07, 6.45) is 5.11. The van der Waals surface area contributed by atoms with Crippen molar-refractivity contribution in [2.45, 2.75) is 19.3 Å². The number of imide groups is 1. The molecule has 3 amide bonds. The van der Waals surface area contributed by atoms with Gasteiger partial charge in [0.2, 0.25) is 11.9 Å². The van der Waals surface area contributed by atoms with Crippen molar-refractivity contribution in [3.63, 3.8) is 0 Å². The van der Waals surface area contributed by atoms with Crippen LogP contribution in [0.25, 0.3) is 10.8 Å². The molecule has 0 saturated carbocycles. The first-order chi connectivity index (χ1) is 17.6. The number of piperazine rings is 1. The van der Waals surface area contributed by atoms with E-state index in [9.17, 15) is 14.4 Å². The number of carbonyl (C=O) groups excluding carboxylic acids is 3. The van der Waals surface area contributed by atoms with E-state index >= 15 is 0 Å². The molecule has 2 aliphatic rings. The molecule has 0 aliphatic carbocycles. The Labute approximate surface area is 210 Å². The molecule has 0 radical (unpaired) electrons. The van der Waals surface area contributed by atoms with Crippen molar-refractivity contribution in [1.29, 1.82) is 0 Å². The number of hydrogen-bond acceptors (Lipinski definition) is 7. The Morgan fingerprint density at radius 2 is 1.50 bits per heavy atom. The average Bonchev–Trinajstić information content (AvgIpc) is 2.92. The van der Waals surface area contributed by atoms with Crippen LogP contribution in [-0.4, -0.2) is 83.3 Å². The number of aromatic nitrogens is 2. The van der Waals surface area contributed by atoms with E-state index in [1.165, 1.54) is 4.90 Å². The van der Waals surface area contributed by atoms with Crippen LogP contribution >= 0.6 is 0 Å². The second kappa shape index (κ2) is 10.8. The molecule has 9 heteroatoms. The molecule has 2 aromatic carbocycles. The SMILES string of the molecule is O=C(CCCN1C(=O)c2cccc3cccc(c23)C1=O)NCCCN1CCN(c2ncccn2)CC1. The molecule has 5 rings (SSSR count). The van der Waals surface area contributed by atoms with Crippen LogP contribution in [0.1, 0.15) is 40.0 Å². The summed E-state index contributed by atoms with van der Waals surface area (Å²) in [5, 5.41) is 4.57. The number of anilines is 1. The van der Waals surface area contributed by atoms with Crippen molar-refractivity contribution in [2.24, 2.45) is 0 Å². The van der Waals surface area contributed by atoms with Gasteiger partial charge in [0.1, 0.15) is 0 Å². The lowest BCUT2D eigenvalue weighted by atomic mass is 9.94. The summed E-state index contributed by atoms with van der Waals surface area (Å²) in [5.74, 6) is 0.145. The van der Waals surface area contributed by atoms with E-state index in [-0.39, 0.29) is 30.7 Å². The molecular formula is C27H30N6O3. The summed E-state index contributed by atoms with van der Waals surface area (Å²) in [6.45, 7) is 5.43. The minimum absolute atomic E-state index is 0.0551. The van der Waals surface area contributed by atoms with Crippen LogP contribution in [0.15, 0.2) is 54.9 Å². The Balaban J connectivity index is 1.01. The van der Waals surface area contributed by atoms with E-state index in [1.807, 2.05) is 30.3 Å². The van der Waals surface area contributed by atoms with Gasteiger partial charge in [-0.3, -0.25) is 24.2 Å². The first-order valence-electron chi connectivity index (χ1n) is 12.5. The van der Waals surface area contributed by atoms with Crippen LogP contribution < -0.4 is 10.2 Å².